The quantitative estimate of drug-likeness (QED) is 0.878. The van der Waals surface area contributed by atoms with Crippen molar-refractivity contribution in [2.75, 3.05) is 24.5 Å². The van der Waals surface area contributed by atoms with Gasteiger partial charge in [0.05, 0.1) is 0 Å². The van der Waals surface area contributed by atoms with Gasteiger partial charge in [0.15, 0.2) is 0 Å². The summed E-state index contributed by atoms with van der Waals surface area (Å²) < 4.78 is 5.50. The molecule has 114 valence electrons. The summed E-state index contributed by atoms with van der Waals surface area (Å²) >= 11 is 0. The van der Waals surface area contributed by atoms with E-state index in [1.165, 1.54) is 0 Å². The summed E-state index contributed by atoms with van der Waals surface area (Å²) in [5, 5.41) is 3.27. The molecular formula is C18H20N2O2. The molecule has 4 heteroatoms. The Morgan fingerprint density at radius 2 is 1.77 bits per heavy atom. The van der Waals surface area contributed by atoms with E-state index in [2.05, 4.69) is 10.2 Å². The van der Waals surface area contributed by atoms with Crippen LogP contribution < -0.4 is 10.2 Å². The highest BCUT2D eigenvalue weighted by atomic mass is 16.5. The molecule has 3 rings (SSSR count). The van der Waals surface area contributed by atoms with Crippen molar-refractivity contribution in [1.82, 2.24) is 5.32 Å². The summed E-state index contributed by atoms with van der Waals surface area (Å²) in [5.41, 5.74) is 2.07. The highest BCUT2D eigenvalue weighted by molar-refractivity contribution is 5.80. The second-order valence-electron chi connectivity index (χ2n) is 5.34. The van der Waals surface area contributed by atoms with Crippen molar-refractivity contribution >= 4 is 11.7 Å². The Morgan fingerprint density at radius 3 is 2.50 bits per heavy atom. The Kier molecular flexibility index (Phi) is 4.71. The Labute approximate surface area is 130 Å². The first-order valence-corrected chi connectivity index (χ1v) is 7.57. The first-order chi connectivity index (χ1) is 10.8. The fraction of sp³-hybridized carbons (Fsp3) is 0.278. The number of para-hydroxylation sites is 1. The van der Waals surface area contributed by atoms with Crippen molar-refractivity contribution < 1.29 is 9.53 Å². The summed E-state index contributed by atoms with van der Waals surface area (Å²) in [4.78, 5) is 14.6. The van der Waals surface area contributed by atoms with E-state index >= 15 is 0 Å². The van der Waals surface area contributed by atoms with Gasteiger partial charge in [0.1, 0.15) is 12.6 Å². The molecule has 0 aliphatic carbocycles. The van der Waals surface area contributed by atoms with Crippen LogP contribution in [-0.2, 0) is 16.1 Å². The van der Waals surface area contributed by atoms with Crippen LogP contribution in [0.25, 0.3) is 0 Å². The number of rotatable bonds is 4. The van der Waals surface area contributed by atoms with Gasteiger partial charge in [-0.2, -0.15) is 0 Å². The van der Waals surface area contributed by atoms with Crippen LogP contribution in [0.2, 0.25) is 0 Å². The minimum absolute atomic E-state index is 0.181. The number of hydrogen-bond acceptors (Lipinski definition) is 4. The van der Waals surface area contributed by atoms with Crippen LogP contribution in [0.1, 0.15) is 5.56 Å². The summed E-state index contributed by atoms with van der Waals surface area (Å²) in [6.07, 6.45) is 0. The third-order valence-electron chi connectivity index (χ3n) is 3.83. The van der Waals surface area contributed by atoms with E-state index in [9.17, 15) is 4.79 Å². The number of hydrogen-bond donors (Lipinski definition) is 1. The van der Waals surface area contributed by atoms with Gasteiger partial charge < -0.3 is 15.0 Å². The van der Waals surface area contributed by atoms with Crippen LogP contribution in [0.4, 0.5) is 5.69 Å². The molecule has 1 fully saturated rings. The normalized spacial score (nSPS) is 18.0. The molecule has 1 unspecified atom stereocenters. The Hall–Kier alpha value is -2.33. The maximum absolute atomic E-state index is 12.5. The average molecular weight is 296 g/mol. The predicted octanol–water partition coefficient (Wildman–Crippen LogP) is 2.21. The SMILES string of the molecule is O=C(OCc1ccccc1)C1CNCCN1c1ccccc1. The molecule has 0 bridgehead atoms. The van der Waals surface area contributed by atoms with Gasteiger partial charge in [-0.15, -0.1) is 0 Å². The zero-order valence-corrected chi connectivity index (χ0v) is 12.4. The highest BCUT2D eigenvalue weighted by Crippen LogP contribution is 2.19. The topological polar surface area (TPSA) is 41.6 Å². The monoisotopic (exact) mass is 296 g/mol. The van der Waals surface area contributed by atoms with Gasteiger partial charge in [0.2, 0.25) is 0 Å². The van der Waals surface area contributed by atoms with Crippen molar-refractivity contribution in [3.05, 3.63) is 66.2 Å². The van der Waals surface area contributed by atoms with E-state index < -0.39 is 0 Å². The molecule has 4 nitrogen and oxygen atoms in total. The molecule has 1 N–H and O–H groups in total. The van der Waals surface area contributed by atoms with Gasteiger partial charge in [-0.1, -0.05) is 48.5 Å². The van der Waals surface area contributed by atoms with Crippen LogP contribution in [0, 0.1) is 0 Å². The summed E-state index contributed by atoms with van der Waals surface area (Å²) in [6, 6.07) is 19.5. The van der Waals surface area contributed by atoms with Gasteiger partial charge >= 0.3 is 5.97 Å². The minimum Gasteiger partial charge on any atom is -0.459 e. The second-order valence-corrected chi connectivity index (χ2v) is 5.34. The lowest BCUT2D eigenvalue weighted by molar-refractivity contribution is -0.146. The number of nitrogens with one attached hydrogen (secondary N) is 1. The maximum Gasteiger partial charge on any atom is 0.330 e. The van der Waals surface area contributed by atoms with Crippen LogP contribution in [0.15, 0.2) is 60.7 Å². The lowest BCUT2D eigenvalue weighted by atomic mass is 10.1. The Morgan fingerprint density at radius 1 is 1.09 bits per heavy atom. The van der Waals surface area contributed by atoms with Crippen LogP contribution in [0.3, 0.4) is 0 Å². The van der Waals surface area contributed by atoms with E-state index in [1.54, 1.807) is 0 Å². The molecule has 0 radical (unpaired) electrons. The van der Waals surface area contributed by atoms with Crippen molar-refractivity contribution in [2.45, 2.75) is 12.6 Å². The zero-order valence-electron chi connectivity index (χ0n) is 12.4. The first-order valence-electron chi connectivity index (χ1n) is 7.57. The molecule has 1 heterocycles. The molecule has 2 aromatic carbocycles. The van der Waals surface area contributed by atoms with Crippen molar-refractivity contribution in [1.29, 1.82) is 0 Å². The largest absolute Gasteiger partial charge is 0.459 e. The first kappa shape index (κ1) is 14.6. The number of benzene rings is 2. The van der Waals surface area contributed by atoms with Gasteiger partial charge in [-0.3, -0.25) is 0 Å². The number of ether oxygens (including phenoxy) is 1. The minimum atomic E-state index is -0.278. The molecule has 0 aromatic heterocycles. The van der Waals surface area contributed by atoms with Crippen molar-refractivity contribution in [2.24, 2.45) is 0 Å². The van der Waals surface area contributed by atoms with Crippen LogP contribution in [-0.4, -0.2) is 31.6 Å². The van der Waals surface area contributed by atoms with E-state index in [1.807, 2.05) is 60.7 Å². The summed E-state index contributed by atoms with van der Waals surface area (Å²) in [5.74, 6) is -0.181. The molecule has 1 aliphatic heterocycles. The van der Waals surface area contributed by atoms with Crippen LogP contribution in [0.5, 0.6) is 0 Å². The molecule has 0 spiro atoms. The number of piperazine rings is 1. The fourth-order valence-electron chi connectivity index (χ4n) is 2.67. The molecule has 1 atom stereocenters. The lowest BCUT2D eigenvalue weighted by Gasteiger charge is -2.36. The molecule has 0 amide bonds. The molecule has 0 saturated carbocycles. The number of anilines is 1. The summed E-state index contributed by atoms with van der Waals surface area (Å²) in [7, 11) is 0. The standard InChI is InChI=1S/C18H20N2O2/c21-18(22-14-15-7-3-1-4-8-15)17-13-19-11-12-20(17)16-9-5-2-6-10-16/h1-10,17,19H,11-14H2. The van der Waals surface area contributed by atoms with E-state index in [-0.39, 0.29) is 12.0 Å². The third kappa shape index (κ3) is 3.46. The molecule has 22 heavy (non-hydrogen) atoms. The maximum atomic E-state index is 12.5. The van der Waals surface area contributed by atoms with E-state index in [4.69, 9.17) is 4.74 Å². The van der Waals surface area contributed by atoms with Gasteiger partial charge in [0.25, 0.3) is 0 Å². The summed E-state index contributed by atoms with van der Waals surface area (Å²) in [6.45, 7) is 2.60. The molecule has 1 aliphatic rings. The third-order valence-corrected chi connectivity index (χ3v) is 3.83. The second kappa shape index (κ2) is 7.09. The van der Waals surface area contributed by atoms with E-state index in [0.717, 1.165) is 24.3 Å². The van der Waals surface area contributed by atoms with Gasteiger partial charge in [-0.05, 0) is 17.7 Å². The Bertz CT molecular complexity index is 601. The number of carbonyl (C=O) groups excluding carboxylic acids is 1. The van der Waals surface area contributed by atoms with E-state index in [0.29, 0.717) is 13.2 Å². The molecule has 1 saturated heterocycles. The highest BCUT2D eigenvalue weighted by Gasteiger charge is 2.30. The lowest BCUT2D eigenvalue weighted by Crippen LogP contribution is -2.55. The average Bonchev–Trinajstić information content (AvgIpc) is 2.61. The Balaban J connectivity index is 1.66. The fourth-order valence-corrected chi connectivity index (χ4v) is 2.67. The van der Waals surface area contributed by atoms with Crippen molar-refractivity contribution in [3.8, 4) is 0 Å². The van der Waals surface area contributed by atoms with Gasteiger partial charge in [0, 0.05) is 25.3 Å². The molecule has 2 aromatic rings. The van der Waals surface area contributed by atoms with Gasteiger partial charge in [-0.25, -0.2) is 4.79 Å². The van der Waals surface area contributed by atoms with Crippen molar-refractivity contribution in [3.63, 3.8) is 0 Å². The number of carbonyl (C=O) groups is 1. The zero-order chi connectivity index (χ0) is 15.2. The predicted molar refractivity (Wildman–Crippen MR) is 86.7 cm³/mol. The molecular weight excluding hydrogens is 276 g/mol. The van der Waals surface area contributed by atoms with Crippen LogP contribution >= 0.6 is 0 Å². The number of esters is 1. The number of nitrogens with zero attached hydrogens (tertiary/aromatic N) is 1. The smallest absolute Gasteiger partial charge is 0.330 e.